The molecule has 1 amide bonds. The van der Waals surface area contributed by atoms with E-state index in [1.54, 1.807) is 29.4 Å². The normalized spacial score (nSPS) is 19.3. The largest absolute Gasteiger partial charge is 0.385 e. The van der Waals surface area contributed by atoms with Crippen molar-refractivity contribution >= 4 is 5.91 Å². The van der Waals surface area contributed by atoms with Crippen molar-refractivity contribution in [3.8, 4) is 0 Å². The van der Waals surface area contributed by atoms with Crippen LogP contribution in [-0.2, 0) is 18.3 Å². The van der Waals surface area contributed by atoms with Gasteiger partial charge in [-0.1, -0.05) is 12.1 Å². The van der Waals surface area contributed by atoms with Crippen LogP contribution in [0.25, 0.3) is 0 Å². The van der Waals surface area contributed by atoms with E-state index in [0.29, 0.717) is 18.9 Å². The molecule has 1 aliphatic rings. The van der Waals surface area contributed by atoms with E-state index in [2.05, 4.69) is 4.98 Å². The molecule has 0 bridgehead atoms. The fourth-order valence-electron chi connectivity index (χ4n) is 3.26. The van der Waals surface area contributed by atoms with Gasteiger partial charge >= 0.3 is 0 Å². The molecule has 1 aromatic carbocycles. The predicted octanol–water partition coefficient (Wildman–Crippen LogP) is 2.07. The summed E-state index contributed by atoms with van der Waals surface area (Å²) in [5.41, 5.74) is 0.799. The first-order chi connectivity index (χ1) is 11.5. The summed E-state index contributed by atoms with van der Waals surface area (Å²) in [7, 11) is 1.85. The molecule has 0 saturated carbocycles. The van der Waals surface area contributed by atoms with Crippen molar-refractivity contribution in [3.63, 3.8) is 0 Å². The molecular formula is C18H22FN3O2. The Kier molecular flexibility index (Phi) is 4.94. The highest BCUT2D eigenvalue weighted by Gasteiger charge is 2.30. The van der Waals surface area contributed by atoms with E-state index in [1.807, 2.05) is 11.6 Å². The van der Waals surface area contributed by atoms with Gasteiger partial charge in [-0.25, -0.2) is 9.37 Å². The Balaban J connectivity index is 1.63. The summed E-state index contributed by atoms with van der Waals surface area (Å²) < 4.78 is 14.8. The van der Waals surface area contributed by atoms with Gasteiger partial charge in [0.25, 0.3) is 0 Å². The van der Waals surface area contributed by atoms with Crippen molar-refractivity contribution in [3.05, 3.63) is 53.9 Å². The molecule has 1 N–H and O–H groups in total. The standard InChI is InChI=1S/C18H22FN3O2/c1-21-10-8-20-18(21)17(24)14-3-2-9-22(12-14)16(23)11-13-4-6-15(19)7-5-13/h4-8,10,14,17,24H,2-3,9,11-12H2,1H3. The van der Waals surface area contributed by atoms with Crippen LogP contribution in [0.2, 0.25) is 0 Å². The summed E-state index contributed by atoms with van der Waals surface area (Å²) in [5, 5.41) is 10.6. The Morgan fingerprint density at radius 1 is 1.42 bits per heavy atom. The smallest absolute Gasteiger partial charge is 0.227 e. The molecule has 2 aromatic rings. The van der Waals surface area contributed by atoms with Crippen LogP contribution < -0.4 is 0 Å². The van der Waals surface area contributed by atoms with Gasteiger partial charge in [0.2, 0.25) is 5.91 Å². The fraction of sp³-hybridized carbons (Fsp3) is 0.444. The zero-order valence-corrected chi connectivity index (χ0v) is 13.7. The molecule has 1 saturated heterocycles. The van der Waals surface area contributed by atoms with Crippen LogP contribution in [0.3, 0.4) is 0 Å². The third-order valence-corrected chi connectivity index (χ3v) is 4.65. The van der Waals surface area contributed by atoms with Gasteiger partial charge in [0.15, 0.2) is 0 Å². The number of benzene rings is 1. The van der Waals surface area contributed by atoms with Crippen LogP contribution in [0.15, 0.2) is 36.7 Å². The Bertz CT molecular complexity index is 699. The minimum atomic E-state index is -0.675. The topological polar surface area (TPSA) is 58.4 Å². The quantitative estimate of drug-likeness (QED) is 0.933. The number of aliphatic hydroxyl groups is 1. The van der Waals surface area contributed by atoms with Crippen molar-refractivity contribution in [2.75, 3.05) is 13.1 Å². The zero-order valence-electron chi connectivity index (χ0n) is 13.7. The molecule has 1 aromatic heterocycles. The van der Waals surface area contributed by atoms with E-state index >= 15 is 0 Å². The van der Waals surface area contributed by atoms with Crippen LogP contribution in [-0.4, -0.2) is 38.6 Å². The summed E-state index contributed by atoms with van der Waals surface area (Å²) in [6.45, 7) is 1.22. The summed E-state index contributed by atoms with van der Waals surface area (Å²) in [6.07, 6.45) is 4.78. The van der Waals surface area contributed by atoms with E-state index in [-0.39, 0.29) is 24.1 Å². The molecule has 6 heteroatoms. The molecule has 24 heavy (non-hydrogen) atoms. The maximum Gasteiger partial charge on any atom is 0.227 e. The Labute approximate surface area is 140 Å². The predicted molar refractivity (Wildman–Crippen MR) is 87.6 cm³/mol. The van der Waals surface area contributed by atoms with Gasteiger partial charge in [0.05, 0.1) is 6.42 Å². The molecule has 0 radical (unpaired) electrons. The van der Waals surface area contributed by atoms with E-state index in [4.69, 9.17) is 0 Å². The fourth-order valence-corrected chi connectivity index (χ4v) is 3.26. The highest BCUT2D eigenvalue weighted by atomic mass is 19.1. The summed E-state index contributed by atoms with van der Waals surface area (Å²) in [5.74, 6) is 0.325. The average molecular weight is 331 g/mol. The van der Waals surface area contributed by atoms with E-state index in [1.165, 1.54) is 12.1 Å². The van der Waals surface area contributed by atoms with Crippen LogP contribution in [0.1, 0.15) is 30.3 Å². The number of carbonyl (C=O) groups is 1. The maximum atomic E-state index is 13.0. The number of aliphatic hydroxyl groups excluding tert-OH is 1. The number of hydrogen-bond donors (Lipinski definition) is 1. The Morgan fingerprint density at radius 3 is 2.83 bits per heavy atom. The first kappa shape index (κ1) is 16.6. The molecule has 1 fully saturated rings. The number of nitrogens with zero attached hydrogens (tertiary/aromatic N) is 3. The number of piperidine rings is 1. The van der Waals surface area contributed by atoms with Crippen molar-refractivity contribution in [2.45, 2.75) is 25.4 Å². The van der Waals surface area contributed by atoms with Crippen molar-refractivity contribution < 1.29 is 14.3 Å². The van der Waals surface area contributed by atoms with Gasteiger partial charge in [-0.2, -0.15) is 0 Å². The highest BCUT2D eigenvalue weighted by Crippen LogP contribution is 2.29. The molecule has 2 atom stereocenters. The zero-order chi connectivity index (χ0) is 17.1. The Hall–Kier alpha value is -2.21. The third kappa shape index (κ3) is 3.64. The van der Waals surface area contributed by atoms with Gasteiger partial charge in [0.1, 0.15) is 17.7 Å². The number of aromatic nitrogens is 2. The first-order valence-electron chi connectivity index (χ1n) is 8.22. The van der Waals surface area contributed by atoms with Gasteiger partial charge in [-0.15, -0.1) is 0 Å². The molecule has 128 valence electrons. The summed E-state index contributed by atoms with van der Waals surface area (Å²) >= 11 is 0. The lowest BCUT2D eigenvalue weighted by Crippen LogP contribution is -2.42. The minimum Gasteiger partial charge on any atom is -0.385 e. The Morgan fingerprint density at radius 2 is 2.17 bits per heavy atom. The molecule has 1 aliphatic heterocycles. The number of amides is 1. The first-order valence-corrected chi connectivity index (χ1v) is 8.22. The molecule has 2 heterocycles. The van der Waals surface area contributed by atoms with E-state index in [9.17, 15) is 14.3 Å². The number of halogens is 1. The third-order valence-electron chi connectivity index (χ3n) is 4.65. The van der Waals surface area contributed by atoms with Crippen LogP contribution in [0.4, 0.5) is 4.39 Å². The maximum absolute atomic E-state index is 13.0. The van der Waals surface area contributed by atoms with E-state index in [0.717, 1.165) is 18.4 Å². The monoisotopic (exact) mass is 331 g/mol. The van der Waals surface area contributed by atoms with Gasteiger partial charge in [-0.05, 0) is 30.5 Å². The number of carbonyl (C=O) groups excluding carboxylic acids is 1. The lowest BCUT2D eigenvalue weighted by Gasteiger charge is -2.35. The highest BCUT2D eigenvalue weighted by molar-refractivity contribution is 5.78. The second-order valence-electron chi connectivity index (χ2n) is 6.39. The summed E-state index contributed by atoms with van der Waals surface area (Å²) in [4.78, 5) is 18.5. The van der Waals surface area contributed by atoms with Crippen molar-refractivity contribution in [1.82, 2.24) is 14.5 Å². The lowest BCUT2D eigenvalue weighted by atomic mass is 9.91. The van der Waals surface area contributed by atoms with Gasteiger partial charge in [-0.3, -0.25) is 4.79 Å². The number of aryl methyl sites for hydroxylation is 1. The molecule has 0 spiro atoms. The second kappa shape index (κ2) is 7.13. The van der Waals surface area contributed by atoms with E-state index < -0.39 is 6.10 Å². The minimum absolute atomic E-state index is 0.0124. The average Bonchev–Trinajstić information content (AvgIpc) is 3.02. The number of likely N-dealkylation sites (tertiary alicyclic amines) is 1. The number of imidazole rings is 1. The van der Waals surface area contributed by atoms with Crippen molar-refractivity contribution in [1.29, 1.82) is 0 Å². The van der Waals surface area contributed by atoms with Crippen molar-refractivity contribution in [2.24, 2.45) is 13.0 Å². The molecule has 2 unspecified atom stereocenters. The SMILES string of the molecule is Cn1ccnc1C(O)C1CCCN(C(=O)Cc2ccc(F)cc2)C1. The van der Waals surface area contributed by atoms with Gasteiger partial charge in [0, 0.05) is 38.4 Å². The molecule has 3 rings (SSSR count). The lowest BCUT2D eigenvalue weighted by molar-refractivity contribution is -0.133. The van der Waals surface area contributed by atoms with Gasteiger partial charge < -0.3 is 14.6 Å². The van der Waals surface area contributed by atoms with Crippen LogP contribution >= 0.6 is 0 Å². The second-order valence-corrected chi connectivity index (χ2v) is 6.39. The number of hydrogen-bond acceptors (Lipinski definition) is 3. The molecule has 5 nitrogen and oxygen atoms in total. The molecule has 0 aliphatic carbocycles. The number of rotatable bonds is 4. The van der Waals surface area contributed by atoms with Crippen LogP contribution in [0, 0.1) is 11.7 Å². The van der Waals surface area contributed by atoms with Crippen LogP contribution in [0.5, 0.6) is 0 Å². The molecular weight excluding hydrogens is 309 g/mol. The summed E-state index contributed by atoms with van der Waals surface area (Å²) in [6, 6.07) is 6.01.